The van der Waals surface area contributed by atoms with Crippen molar-refractivity contribution in [2.24, 2.45) is 5.92 Å². The number of aliphatic carboxylic acids is 1. The minimum Gasteiger partial charge on any atom is -0.480 e. The van der Waals surface area contributed by atoms with E-state index in [-0.39, 0.29) is 19.1 Å². The third kappa shape index (κ3) is 5.43. The van der Waals surface area contributed by atoms with Crippen LogP contribution in [0.1, 0.15) is 26.7 Å². The first-order valence-electron chi connectivity index (χ1n) is 5.13. The first kappa shape index (κ1) is 15.3. The summed E-state index contributed by atoms with van der Waals surface area (Å²) in [4.78, 5) is 10.5. The molecule has 0 aromatic carbocycles. The van der Waals surface area contributed by atoms with E-state index in [1.807, 2.05) is 6.92 Å². The Morgan fingerprint density at radius 2 is 1.94 bits per heavy atom. The van der Waals surface area contributed by atoms with Crippen molar-refractivity contribution < 1.29 is 23.4 Å². The summed E-state index contributed by atoms with van der Waals surface area (Å²) in [5, 5.41) is 15.8. The third-order valence-corrected chi connectivity index (χ3v) is 4.04. The van der Waals surface area contributed by atoms with Gasteiger partial charge in [0.25, 0.3) is 0 Å². The molecule has 0 bridgehead atoms. The van der Waals surface area contributed by atoms with Crippen LogP contribution in [0, 0.1) is 5.92 Å². The van der Waals surface area contributed by atoms with Crippen molar-refractivity contribution >= 4 is 16.0 Å². The van der Waals surface area contributed by atoms with Gasteiger partial charge in [-0.1, -0.05) is 6.92 Å². The van der Waals surface area contributed by atoms with Gasteiger partial charge in [-0.05, 0) is 25.7 Å². The number of aliphatic hydroxyl groups is 1. The van der Waals surface area contributed by atoms with Gasteiger partial charge >= 0.3 is 5.97 Å². The summed E-state index contributed by atoms with van der Waals surface area (Å²) >= 11 is 0. The van der Waals surface area contributed by atoms with Gasteiger partial charge in [-0.3, -0.25) is 4.79 Å². The largest absolute Gasteiger partial charge is 0.480 e. The van der Waals surface area contributed by atoms with Crippen molar-refractivity contribution in [1.82, 2.24) is 4.72 Å². The molecule has 96 valence electrons. The fourth-order valence-corrected chi connectivity index (χ4v) is 1.96. The van der Waals surface area contributed by atoms with E-state index in [1.54, 1.807) is 0 Å². The van der Waals surface area contributed by atoms with Crippen molar-refractivity contribution in [2.75, 3.05) is 13.2 Å². The monoisotopic (exact) mass is 253 g/mol. The first-order chi connectivity index (χ1) is 7.31. The lowest BCUT2D eigenvalue weighted by Crippen LogP contribution is -2.37. The zero-order valence-electron chi connectivity index (χ0n) is 9.51. The molecule has 3 N–H and O–H groups in total. The maximum Gasteiger partial charge on any atom is 0.323 e. The minimum atomic E-state index is -3.78. The van der Waals surface area contributed by atoms with Gasteiger partial charge < -0.3 is 10.2 Å². The Morgan fingerprint density at radius 1 is 1.38 bits per heavy atom. The molecular formula is C9H19NO5S. The molecule has 0 fully saturated rings. The van der Waals surface area contributed by atoms with Crippen molar-refractivity contribution in [3.05, 3.63) is 0 Å². The summed E-state index contributed by atoms with van der Waals surface area (Å²) in [6.07, 6.45) is 1.27. The summed E-state index contributed by atoms with van der Waals surface area (Å²) in [5.74, 6) is -1.24. The van der Waals surface area contributed by atoms with Crippen LogP contribution in [0.2, 0.25) is 0 Å². The van der Waals surface area contributed by atoms with Gasteiger partial charge in [-0.2, -0.15) is 0 Å². The van der Waals surface area contributed by atoms with E-state index < -0.39 is 21.2 Å². The number of nitrogens with one attached hydrogen (secondary N) is 1. The molecule has 16 heavy (non-hydrogen) atoms. The van der Waals surface area contributed by atoms with Crippen LogP contribution in [0.25, 0.3) is 0 Å². The van der Waals surface area contributed by atoms with Gasteiger partial charge in [-0.15, -0.1) is 0 Å². The molecule has 2 atom stereocenters. The van der Waals surface area contributed by atoms with E-state index in [0.29, 0.717) is 12.8 Å². The average Bonchev–Trinajstić information content (AvgIpc) is 2.22. The SMILES string of the molecule is CC(CO)CCCNS(=O)(=O)C(C)C(=O)O. The average molecular weight is 253 g/mol. The topological polar surface area (TPSA) is 104 Å². The van der Waals surface area contributed by atoms with E-state index >= 15 is 0 Å². The summed E-state index contributed by atoms with van der Waals surface area (Å²) in [7, 11) is -3.78. The second-order valence-corrected chi connectivity index (χ2v) is 5.94. The van der Waals surface area contributed by atoms with Crippen LogP contribution in [0.5, 0.6) is 0 Å². The van der Waals surface area contributed by atoms with Crippen molar-refractivity contribution in [2.45, 2.75) is 31.9 Å². The molecule has 0 aromatic heterocycles. The zero-order chi connectivity index (χ0) is 12.8. The lowest BCUT2D eigenvalue weighted by molar-refractivity contribution is -0.136. The number of rotatable bonds is 8. The Balaban J connectivity index is 3.97. The number of carbonyl (C=O) groups is 1. The first-order valence-corrected chi connectivity index (χ1v) is 6.68. The highest BCUT2D eigenvalue weighted by atomic mass is 32.2. The minimum absolute atomic E-state index is 0.0677. The molecular weight excluding hydrogens is 234 g/mol. The molecule has 0 heterocycles. The molecule has 6 nitrogen and oxygen atoms in total. The second kappa shape index (κ2) is 6.82. The third-order valence-electron chi connectivity index (χ3n) is 2.30. The Labute approximate surface area is 95.7 Å². The van der Waals surface area contributed by atoms with Gasteiger partial charge in [0.15, 0.2) is 5.25 Å². The van der Waals surface area contributed by atoms with Crippen molar-refractivity contribution in [3.63, 3.8) is 0 Å². The predicted molar refractivity (Wildman–Crippen MR) is 59.5 cm³/mol. The van der Waals surface area contributed by atoms with E-state index in [4.69, 9.17) is 10.2 Å². The molecule has 0 amide bonds. The maximum absolute atomic E-state index is 11.3. The summed E-state index contributed by atoms with van der Waals surface area (Å²) in [5.41, 5.74) is 0. The number of carboxylic acid groups (broad SMARTS) is 1. The van der Waals surface area contributed by atoms with Crippen LogP contribution in [-0.2, 0) is 14.8 Å². The Morgan fingerprint density at radius 3 is 2.38 bits per heavy atom. The second-order valence-electron chi connectivity index (χ2n) is 3.85. The fraction of sp³-hybridized carbons (Fsp3) is 0.889. The zero-order valence-corrected chi connectivity index (χ0v) is 10.3. The van der Waals surface area contributed by atoms with E-state index in [9.17, 15) is 13.2 Å². The highest BCUT2D eigenvalue weighted by molar-refractivity contribution is 7.90. The molecule has 0 saturated carbocycles. The molecule has 0 aromatic rings. The summed E-state index contributed by atoms with van der Waals surface area (Å²) in [6.45, 7) is 3.25. The standard InChI is InChI=1S/C9H19NO5S/c1-7(6-11)4-3-5-10-16(14,15)8(2)9(12)13/h7-8,10-11H,3-6H2,1-2H3,(H,12,13). The Hall–Kier alpha value is -0.660. The maximum atomic E-state index is 11.3. The summed E-state index contributed by atoms with van der Waals surface area (Å²) in [6, 6.07) is 0. The lowest BCUT2D eigenvalue weighted by atomic mass is 10.1. The molecule has 0 aliphatic carbocycles. The summed E-state index contributed by atoms with van der Waals surface area (Å²) < 4.78 is 24.9. The highest BCUT2D eigenvalue weighted by Crippen LogP contribution is 2.04. The normalized spacial score (nSPS) is 15.7. The Bertz CT molecular complexity index is 314. The molecule has 0 aliphatic rings. The molecule has 0 aliphatic heterocycles. The fourth-order valence-electron chi connectivity index (χ4n) is 1.01. The van der Waals surface area contributed by atoms with Crippen LogP contribution >= 0.6 is 0 Å². The van der Waals surface area contributed by atoms with Crippen molar-refractivity contribution in [3.8, 4) is 0 Å². The molecule has 0 radical (unpaired) electrons. The number of carboxylic acids is 1. The van der Waals surface area contributed by atoms with E-state index in [0.717, 1.165) is 6.92 Å². The van der Waals surface area contributed by atoms with E-state index in [2.05, 4.69) is 4.72 Å². The molecule has 2 unspecified atom stereocenters. The van der Waals surface area contributed by atoms with Crippen molar-refractivity contribution in [1.29, 1.82) is 0 Å². The smallest absolute Gasteiger partial charge is 0.323 e. The van der Waals surface area contributed by atoms with Gasteiger partial charge in [0.1, 0.15) is 0 Å². The number of hydrogen-bond acceptors (Lipinski definition) is 4. The molecule has 0 saturated heterocycles. The lowest BCUT2D eigenvalue weighted by Gasteiger charge is -2.11. The molecule has 7 heteroatoms. The number of aliphatic hydroxyl groups excluding tert-OH is 1. The highest BCUT2D eigenvalue weighted by Gasteiger charge is 2.26. The van der Waals surface area contributed by atoms with Crippen LogP contribution in [0.4, 0.5) is 0 Å². The van der Waals surface area contributed by atoms with Crippen LogP contribution in [0.3, 0.4) is 0 Å². The van der Waals surface area contributed by atoms with Crippen LogP contribution in [-0.4, -0.2) is 43.0 Å². The van der Waals surface area contributed by atoms with Gasteiger partial charge in [-0.25, -0.2) is 13.1 Å². The van der Waals surface area contributed by atoms with Crippen LogP contribution in [0.15, 0.2) is 0 Å². The van der Waals surface area contributed by atoms with Gasteiger partial charge in [0.2, 0.25) is 10.0 Å². The predicted octanol–water partition coefficient (Wildman–Crippen LogP) is -0.212. The van der Waals surface area contributed by atoms with Gasteiger partial charge in [0.05, 0.1) is 0 Å². The van der Waals surface area contributed by atoms with E-state index in [1.165, 1.54) is 0 Å². The van der Waals surface area contributed by atoms with Crippen LogP contribution < -0.4 is 4.72 Å². The number of hydrogen-bond donors (Lipinski definition) is 3. The quantitative estimate of drug-likeness (QED) is 0.519. The molecule has 0 spiro atoms. The Kier molecular flexibility index (Phi) is 6.54. The van der Waals surface area contributed by atoms with Gasteiger partial charge in [0, 0.05) is 13.2 Å². The number of sulfonamides is 1. The molecule has 0 rings (SSSR count).